The number of alkyl halides is 1. The van der Waals surface area contributed by atoms with Gasteiger partial charge in [0.05, 0.1) is 11.6 Å². The van der Waals surface area contributed by atoms with E-state index in [9.17, 15) is 0 Å². The first kappa shape index (κ1) is 14.7. The average Bonchev–Trinajstić information content (AvgIpc) is 2.42. The predicted octanol–water partition coefficient (Wildman–Crippen LogP) is 4.05. The van der Waals surface area contributed by atoms with Crippen molar-refractivity contribution in [2.24, 2.45) is 5.41 Å². The van der Waals surface area contributed by atoms with E-state index in [-0.39, 0.29) is 5.60 Å². The van der Waals surface area contributed by atoms with E-state index in [4.69, 9.17) is 16.3 Å². The third kappa shape index (κ3) is 3.26. The lowest BCUT2D eigenvalue weighted by Crippen LogP contribution is -2.39. The first-order valence-electron chi connectivity index (χ1n) is 7.04. The van der Waals surface area contributed by atoms with Crippen LogP contribution in [0.25, 0.3) is 0 Å². The van der Waals surface area contributed by atoms with Crippen molar-refractivity contribution in [3.05, 3.63) is 23.8 Å². The number of hydrogen-bond donors (Lipinski definition) is 0. The van der Waals surface area contributed by atoms with Gasteiger partial charge in [0.15, 0.2) is 5.82 Å². The van der Waals surface area contributed by atoms with Gasteiger partial charge in [0.25, 0.3) is 0 Å². The molecule has 0 saturated heterocycles. The zero-order valence-electron chi connectivity index (χ0n) is 12.1. The van der Waals surface area contributed by atoms with Crippen molar-refractivity contribution in [1.29, 1.82) is 0 Å². The Hall–Kier alpha value is -0.670. The highest BCUT2D eigenvalue weighted by atomic mass is 35.5. The van der Waals surface area contributed by atoms with Gasteiger partial charge in [0.2, 0.25) is 0 Å². The zero-order chi connectivity index (χ0) is 13.9. The van der Waals surface area contributed by atoms with Crippen LogP contribution in [0.15, 0.2) is 12.3 Å². The van der Waals surface area contributed by atoms with Crippen LogP contribution >= 0.6 is 11.6 Å². The molecule has 0 unspecified atom stereocenters. The number of nitrogens with zero attached hydrogens (tertiary/aromatic N) is 2. The van der Waals surface area contributed by atoms with Crippen molar-refractivity contribution in [2.45, 2.75) is 57.9 Å². The number of rotatable bonds is 4. The highest BCUT2D eigenvalue weighted by molar-refractivity contribution is 6.16. The Morgan fingerprint density at radius 2 is 1.95 bits per heavy atom. The average molecular weight is 283 g/mol. The molecule has 0 amide bonds. The number of halogens is 1. The maximum absolute atomic E-state index is 6.08. The van der Waals surface area contributed by atoms with E-state index >= 15 is 0 Å². The highest BCUT2D eigenvalue weighted by Gasteiger charge is 2.42. The molecule has 0 radical (unpaired) electrons. The minimum atomic E-state index is -0.313. The van der Waals surface area contributed by atoms with Crippen LogP contribution in [0.5, 0.6) is 0 Å². The summed E-state index contributed by atoms with van der Waals surface area (Å²) in [4.78, 5) is 9.04. The van der Waals surface area contributed by atoms with E-state index in [0.29, 0.717) is 17.9 Å². The zero-order valence-corrected chi connectivity index (χ0v) is 12.8. The normalized spacial score (nSPS) is 21.3. The Balaban J connectivity index is 2.29. The van der Waals surface area contributed by atoms with Crippen LogP contribution in [0.3, 0.4) is 0 Å². The van der Waals surface area contributed by atoms with Crippen LogP contribution < -0.4 is 0 Å². The summed E-state index contributed by atoms with van der Waals surface area (Å²) in [5, 5.41) is 0. The molecule has 1 aromatic heterocycles. The van der Waals surface area contributed by atoms with Crippen molar-refractivity contribution in [3.63, 3.8) is 0 Å². The second-order valence-corrected chi connectivity index (χ2v) is 6.36. The predicted molar refractivity (Wildman–Crippen MR) is 77.1 cm³/mol. The van der Waals surface area contributed by atoms with E-state index in [0.717, 1.165) is 37.2 Å². The molecule has 2 rings (SSSR count). The van der Waals surface area contributed by atoms with E-state index < -0.39 is 0 Å². The van der Waals surface area contributed by atoms with Crippen LogP contribution in [-0.2, 0) is 16.2 Å². The van der Waals surface area contributed by atoms with Crippen LogP contribution in [0.4, 0.5) is 0 Å². The summed E-state index contributed by atoms with van der Waals surface area (Å²) in [6.07, 6.45) is 6.04. The maximum atomic E-state index is 6.08. The standard InChI is InChI=1S/C15H23ClN2O/c1-4-19-15(8-6-14(2,3)7-9-15)13-17-10-5-12(11-16)18-13/h5,10H,4,6-9,11H2,1-3H3. The summed E-state index contributed by atoms with van der Waals surface area (Å²) >= 11 is 5.87. The molecule has 0 spiro atoms. The van der Waals surface area contributed by atoms with Gasteiger partial charge in [0.1, 0.15) is 5.60 Å². The molecule has 1 aromatic rings. The minimum Gasteiger partial charge on any atom is -0.367 e. The van der Waals surface area contributed by atoms with Gasteiger partial charge in [-0.1, -0.05) is 13.8 Å². The third-order valence-corrected chi connectivity index (χ3v) is 4.36. The van der Waals surface area contributed by atoms with Crippen LogP contribution in [-0.4, -0.2) is 16.6 Å². The van der Waals surface area contributed by atoms with Gasteiger partial charge >= 0.3 is 0 Å². The highest BCUT2D eigenvalue weighted by Crippen LogP contribution is 2.46. The maximum Gasteiger partial charge on any atom is 0.160 e. The Morgan fingerprint density at radius 1 is 1.26 bits per heavy atom. The molecule has 4 heteroatoms. The molecular weight excluding hydrogens is 260 g/mol. The molecule has 1 heterocycles. The van der Waals surface area contributed by atoms with Gasteiger partial charge in [-0.05, 0) is 44.1 Å². The van der Waals surface area contributed by atoms with Crippen LogP contribution in [0, 0.1) is 5.41 Å². The fourth-order valence-corrected chi connectivity index (χ4v) is 2.88. The first-order chi connectivity index (χ1) is 9.01. The molecule has 106 valence electrons. The summed E-state index contributed by atoms with van der Waals surface area (Å²) in [7, 11) is 0. The van der Waals surface area contributed by atoms with E-state index in [1.807, 2.05) is 13.0 Å². The summed E-state index contributed by atoms with van der Waals surface area (Å²) in [5.74, 6) is 1.23. The molecule has 1 fully saturated rings. The Bertz CT molecular complexity index is 424. The van der Waals surface area contributed by atoms with Crippen LogP contribution in [0.2, 0.25) is 0 Å². The summed E-state index contributed by atoms with van der Waals surface area (Å²) < 4.78 is 6.08. The van der Waals surface area contributed by atoms with Gasteiger partial charge < -0.3 is 4.74 Å². The minimum absolute atomic E-state index is 0.313. The Labute approximate surface area is 120 Å². The van der Waals surface area contributed by atoms with Gasteiger partial charge in [-0.3, -0.25) is 0 Å². The topological polar surface area (TPSA) is 35.0 Å². The van der Waals surface area contributed by atoms with E-state index in [2.05, 4.69) is 23.8 Å². The van der Waals surface area contributed by atoms with Gasteiger partial charge in [0, 0.05) is 12.8 Å². The summed E-state index contributed by atoms with van der Waals surface area (Å²) in [6, 6.07) is 1.86. The smallest absolute Gasteiger partial charge is 0.160 e. The fraction of sp³-hybridized carbons (Fsp3) is 0.733. The molecule has 1 aliphatic carbocycles. The lowest BCUT2D eigenvalue weighted by Gasteiger charge is -2.42. The Kier molecular flexibility index (Phi) is 4.46. The van der Waals surface area contributed by atoms with Crippen molar-refractivity contribution in [3.8, 4) is 0 Å². The van der Waals surface area contributed by atoms with E-state index in [1.54, 1.807) is 6.20 Å². The molecule has 0 aliphatic heterocycles. The molecule has 3 nitrogen and oxygen atoms in total. The van der Waals surface area contributed by atoms with Crippen molar-refractivity contribution < 1.29 is 4.74 Å². The lowest BCUT2D eigenvalue weighted by molar-refractivity contribution is -0.0949. The van der Waals surface area contributed by atoms with E-state index in [1.165, 1.54) is 0 Å². The van der Waals surface area contributed by atoms with Gasteiger partial charge in [-0.15, -0.1) is 11.6 Å². The molecule has 0 bridgehead atoms. The van der Waals surface area contributed by atoms with Gasteiger partial charge in [-0.25, -0.2) is 9.97 Å². The lowest BCUT2D eigenvalue weighted by atomic mass is 9.70. The van der Waals surface area contributed by atoms with Crippen molar-refractivity contribution >= 4 is 11.6 Å². The SMILES string of the molecule is CCOC1(c2nccc(CCl)n2)CCC(C)(C)CC1. The quantitative estimate of drug-likeness (QED) is 0.782. The largest absolute Gasteiger partial charge is 0.367 e. The summed E-state index contributed by atoms with van der Waals surface area (Å²) in [5.41, 5.74) is 0.951. The number of aromatic nitrogens is 2. The fourth-order valence-electron chi connectivity index (χ4n) is 2.73. The summed E-state index contributed by atoms with van der Waals surface area (Å²) in [6.45, 7) is 7.36. The second kappa shape index (κ2) is 5.76. The monoisotopic (exact) mass is 282 g/mol. The van der Waals surface area contributed by atoms with Crippen molar-refractivity contribution in [2.75, 3.05) is 6.61 Å². The molecule has 1 aliphatic rings. The van der Waals surface area contributed by atoms with Gasteiger partial charge in [-0.2, -0.15) is 0 Å². The van der Waals surface area contributed by atoms with Crippen LogP contribution in [0.1, 0.15) is 58.0 Å². The molecular formula is C15H23ClN2O. The first-order valence-corrected chi connectivity index (χ1v) is 7.57. The molecule has 0 N–H and O–H groups in total. The third-order valence-electron chi connectivity index (χ3n) is 4.09. The number of ether oxygens (including phenoxy) is 1. The molecule has 0 atom stereocenters. The second-order valence-electron chi connectivity index (χ2n) is 6.10. The molecule has 1 saturated carbocycles. The number of hydrogen-bond acceptors (Lipinski definition) is 3. The molecule has 0 aromatic carbocycles. The molecule has 19 heavy (non-hydrogen) atoms. The Morgan fingerprint density at radius 3 is 2.53 bits per heavy atom. The van der Waals surface area contributed by atoms with Crippen molar-refractivity contribution in [1.82, 2.24) is 9.97 Å².